The first kappa shape index (κ1) is 13.6. The van der Waals surface area contributed by atoms with E-state index in [1.54, 1.807) is 0 Å². The first-order valence-corrected chi connectivity index (χ1v) is 7.48. The van der Waals surface area contributed by atoms with Gasteiger partial charge in [-0.15, -0.1) is 0 Å². The Morgan fingerprint density at radius 3 is 2.77 bits per heavy atom. The first-order chi connectivity index (χ1) is 10.5. The molecule has 6 heteroatoms. The van der Waals surface area contributed by atoms with E-state index in [2.05, 4.69) is 10.6 Å². The molecule has 3 amide bonds. The fraction of sp³-hybridized carbons (Fsp3) is 0.500. The molecule has 1 aromatic rings. The van der Waals surface area contributed by atoms with Gasteiger partial charge in [-0.1, -0.05) is 18.2 Å². The lowest BCUT2D eigenvalue weighted by atomic mass is 9.66. The van der Waals surface area contributed by atoms with E-state index in [-0.39, 0.29) is 17.7 Å². The molecular weight excluding hydrogens is 284 g/mol. The van der Waals surface area contributed by atoms with Crippen LogP contribution < -0.4 is 15.4 Å². The second-order valence-corrected chi connectivity index (χ2v) is 6.61. The molecule has 0 aromatic heterocycles. The zero-order valence-corrected chi connectivity index (χ0v) is 12.5. The lowest BCUT2D eigenvalue weighted by Gasteiger charge is -2.53. The maximum Gasteiger partial charge on any atom is 0.323 e. The van der Waals surface area contributed by atoms with Crippen LogP contribution in [0.25, 0.3) is 0 Å². The zero-order chi connectivity index (χ0) is 15.5. The van der Waals surface area contributed by atoms with Crippen LogP contribution >= 0.6 is 0 Å². The van der Waals surface area contributed by atoms with Gasteiger partial charge in [-0.25, -0.2) is 4.79 Å². The van der Waals surface area contributed by atoms with Crippen molar-refractivity contribution >= 4 is 11.9 Å². The summed E-state index contributed by atoms with van der Waals surface area (Å²) in [5.74, 6) is 0.0883. The number of urea groups is 1. The molecule has 3 aliphatic heterocycles. The Morgan fingerprint density at radius 1 is 1.18 bits per heavy atom. The number of hydrogen-bond acceptors (Lipinski definition) is 4. The van der Waals surface area contributed by atoms with Crippen LogP contribution in [0, 0.1) is 11.8 Å². The molecule has 116 valence electrons. The number of ether oxygens (including phenoxy) is 2. The van der Waals surface area contributed by atoms with Gasteiger partial charge in [0.15, 0.2) is 0 Å². The molecule has 4 rings (SSSR count). The minimum absolute atomic E-state index is 0.0423. The third-order valence-corrected chi connectivity index (χ3v) is 4.98. The number of para-hydroxylation sites is 1. The van der Waals surface area contributed by atoms with Crippen LogP contribution in [-0.4, -0.2) is 30.4 Å². The molecule has 1 aromatic carbocycles. The second kappa shape index (κ2) is 4.46. The van der Waals surface area contributed by atoms with Crippen molar-refractivity contribution in [3.63, 3.8) is 0 Å². The van der Waals surface area contributed by atoms with E-state index in [1.807, 2.05) is 38.1 Å². The Labute approximate surface area is 128 Å². The molecule has 0 unspecified atom stereocenters. The highest BCUT2D eigenvalue weighted by Crippen LogP contribution is 2.51. The predicted octanol–water partition coefficient (Wildman–Crippen LogP) is 1.37. The van der Waals surface area contributed by atoms with E-state index in [4.69, 9.17) is 9.47 Å². The van der Waals surface area contributed by atoms with Crippen LogP contribution in [0.4, 0.5) is 4.79 Å². The molecule has 0 bridgehead atoms. The van der Waals surface area contributed by atoms with Crippen molar-refractivity contribution in [2.75, 3.05) is 6.61 Å². The highest BCUT2D eigenvalue weighted by Gasteiger charge is 2.57. The lowest BCUT2D eigenvalue weighted by molar-refractivity contribution is -0.200. The molecule has 0 spiro atoms. The van der Waals surface area contributed by atoms with Crippen LogP contribution in [0.2, 0.25) is 0 Å². The number of rotatable bonds is 0. The third kappa shape index (κ3) is 1.83. The van der Waals surface area contributed by atoms with E-state index < -0.39 is 23.8 Å². The number of carbonyl (C=O) groups is 2. The van der Waals surface area contributed by atoms with Gasteiger partial charge in [-0.3, -0.25) is 10.1 Å². The maximum absolute atomic E-state index is 12.4. The summed E-state index contributed by atoms with van der Waals surface area (Å²) in [6.07, 6.45) is -0.608. The lowest BCUT2D eigenvalue weighted by Crippen LogP contribution is -2.68. The average Bonchev–Trinajstić information content (AvgIpc) is 2.45. The summed E-state index contributed by atoms with van der Waals surface area (Å²) < 4.78 is 11.9. The number of benzene rings is 1. The summed E-state index contributed by atoms with van der Waals surface area (Å²) in [7, 11) is 0. The second-order valence-electron chi connectivity index (χ2n) is 6.61. The molecule has 0 saturated carbocycles. The highest BCUT2D eigenvalue weighted by molar-refractivity contribution is 5.99. The Kier molecular flexibility index (Phi) is 2.75. The summed E-state index contributed by atoms with van der Waals surface area (Å²) in [5.41, 5.74) is 0.515. The molecule has 2 fully saturated rings. The van der Waals surface area contributed by atoms with Crippen molar-refractivity contribution < 1.29 is 19.1 Å². The van der Waals surface area contributed by atoms with Crippen LogP contribution in [0.1, 0.15) is 25.3 Å². The number of fused-ring (bicyclic) bond motifs is 5. The smallest absolute Gasteiger partial charge is 0.323 e. The SMILES string of the molecule is CC1(C)O[C@@H]2NC(=O)NC(=O)[C@@H]2[C@H]2c3ccccc3OC[C@H]21. The van der Waals surface area contributed by atoms with Crippen molar-refractivity contribution in [2.45, 2.75) is 31.6 Å². The molecule has 4 atom stereocenters. The molecule has 0 aliphatic carbocycles. The third-order valence-electron chi connectivity index (χ3n) is 4.98. The fourth-order valence-corrected chi connectivity index (χ4v) is 3.92. The summed E-state index contributed by atoms with van der Waals surface area (Å²) >= 11 is 0. The summed E-state index contributed by atoms with van der Waals surface area (Å²) in [6.45, 7) is 4.47. The van der Waals surface area contributed by atoms with Crippen molar-refractivity contribution in [1.82, 2.24) is 10.6 Å². The summed E-state index contributed by atoms with van der Waals surface area (Å²) in [5, 5.41) is 5.09. The summed E-state index contributed by atoms with van der Waals surface area (Å²) in [4.78, 5) is 24.0. The fourth-order valence-electron chi connectivity index (χ4n) is 3.92. The van der Waals surface area contributed by atoms with E-state index in [1.165, 1.54) is 0 Å². The van der Waals surface area contributed by atoms with E-state index in [9.17, 15) is 9.59 Å². The van der Waals surface area contributed by atoms with Crippen molar-refractivity contribution in [2.24, 2.45) is 11.8 Å². The van der Waals surface area contributed by atoms with Crippen LogP contribution in [0.3, 0.4) is 0 Å². The van der Waals surface area contributed by atoms with Crippen LogP contribution in [0.5, 0.6) is 5.75 Å². The molecule has 2 N–H and O–H groups in total. The number of hydrogen-bond donors (Lipinski definition) is 2. The van der Waals surface area contributed by atoms with E-state index >= 15 is 0 Å². The van der Waals surface area contributed by atoms with Gasteiger partial charge in [0, 0.05) is 11.8 Å². The topological polar surface area (TPSA) is 76.7 Å². The van der Waals surface area contributed by atoms with Crippen molar-refractivity contribution in [3.05, 3.63) is 29.8 Å². The van der Waals surface area contributed by atoms with Gasteiger partial charge >= 0.3 is 6.03 Å². The van der Waals surface area contributed by atoms with Gasteiger partial charge < -0.3 is 14.8 Å². The molecule has 0 radical (unpaired) electrons. The largest absolute Gasteiger partial charge is 0.493 e. The Hall–Kier alpha value is -2.08. The average molecular weight is 302 g/mol. The standard InChI is InChI=1S/C16H18N2O4/c1-16(2)9-7-21-10-6-4-3-5-8(10)11(9)12-13(19)17-15(20)18-14(12)22-16/h3-6,9,11-12,14H,7H2,1-2H3,(H2,17,18,19,20)/t9-,11+,12+,14+/m1/s1. The van der Waals surface area contributed by atoms with Gasteiger partial charge in [0.1, 0.15) is 12.0 Å². The zero-order valence-electron chi connectivity index (χ0n) is 12.5. The molecule has 3 aliphatic rings. The van der Waals surface area contributed by atoms with Gasteiger partial charge in [0.25, 0.3) is 0 Å². The Balaban J connectivity index is 1.84. The molecule has 3 heterocycles. The number of carbonyl (C=O) groups excluding carboxylic acids is 2. The first-order valence-electron chi connectivity index (χ1n) is 7.48. The molecular formula is C16H18N2O4. The molecule has 22 heavy (non-hydrogen) atoms. The van der Waals surface area contributed by atoms with Crippen LogP contribution in [0.15, 0.2) is 24.3 Å². The highest BCUT2D eigenvalue weighted by atomic mass is 16.5. The Bertz CT molecular complexity index is 657. The quantitative estimate of drug-likeness (QED) is 0.759. The predicted molar refractivity (Wildman–Crippen MR) is 77.3 cm³/mol. The number of nitrogens with one attached hydrogen (secondary N) is 2. The minimum Gasteiger partial charge on any atom is -0.493 e. The maximum atomic E-state index is 12.4. The van der Waals surface area contributed by atoms with E-state index in [0.717, 1.165) is 11.3 Å². The van der Waals surface area contributed by atoms with Gasteiger partial charge in [0.05, 0.1) is 18.1 Å². The van der Waals surface area contributed by atoms with Gasteiger partial charge in [0.2, 0.25) is 5.91 Å². The van der Waals surface area contributed by atoms with Crippen LogP contribution in [-0.2, 0) is 9.53 Å². The molecule has 6 nitrogen and oxygen atoms in total. The minimum atomic E-state index is -0.608. The Morgan fingerprint density at radius 2 is 1.95 bits per heavy atom. The number of imide groups is 1. The number of amides is 3. The van der Waals surface area contributed by atoms with Gasteiger partial charge in [-0.2, -0.15) is 0 Å². The molecule has 2 saturated heterocycles. The monoisotopic (exact) mass is 302 g/mol. The normalized spacial score (nSPS) is 35.2. The van der Waals surface area contributed by atoms with Gasteiger partial charge in [-0.05, 0) is 25.5 Å². The van der Waals surface area contributed by atoms with Crippen molar-refractivity contribution in [3.8, 4) is 5.75 Å². The summed E-state index contributed by atoms with van der Waals surface area (Å²) in [6, 6.07) is 7.28. The van der Waals surface area contributed by atoms with Crippen molar-refractivity contribution in [1.29, 1.82) is 0 Å². The van der Waals surface area contributed by atoms with E-state index in [0.29, 0.717) is 6.61 Å².